The minimum absolute atomic E-state index is 0.182. The zero-order valence-electron chi connectivity index (χ0n) is 20.2. The van der Waals surface area contributed by atoms with Gasteiger partial charge < -0.3 is 24.5 Å². The lowest BCUT2D eigenvalue weighted by Crippen LogP contribution is -2.51. The number of aliphatic hydroxyl groups excluding tert-OH is 1. The molecule has 1 spiro atoms. The molecule has 0 aliphatic carbocycles. The fourth-order valence-electron chi connectivity index (χ4n) is 4.82. The number of likely N-dealkylation sites (tertiary alicyclic amines) is 1. The molecule has 8 heteroatoms. The van der Waals surface area contributed by atoms with Gasteiger partial charge in [0.25, 0.3) is 17.6 Å². The van der Waals surface area contributed by atoms with Crippen molar-refractivity contribution in [3.05, 3.63) is 77.9 Å². The van der Waals surface area contributed by atoms with Crippen LogP contribution in [-0.4, -0.2) is 73.3 Å². The van der Waals surface area contributed by atoms with Crippen LogP contribution in [0.5, 0.6) is 5.75 Å². The number of likely N-dealkylation sites (N-methyl/N-ethyl adjacent to an activating group) is 1. The second-order valence-electron chi connectivity index (χ2n) is 8.88. The molecular formula is C27H29N3O5. The highest BCUT2D eigenvalue weighted by atomic mass is 16.5. The molecule has 2 heterocycles. The minimum Gasteiger partial charge on any atom is -0.507 e. The first-order valence-corrected chi connectivity index (χ1v) is 11.4. The van der Waals surface area contributed by atoms with Crippen molar-refractivity contribution in [2.24, 2.45) is 0 Å². The second kappa shape index (κ2) is 9.38. The molecule has 1 fully saturated rings. The number of anilines is 1. The fourth-order valence-corrected chi connectivity index (χ4v) is 4.82. The molecule has 0 saturated carbocycles. The summed E-state index contributed by atoms with van der Waals surface area (Å²) in [4.78, 5) is 45.4. The summed E-state index contributed by atoms with van der Waals surface area (Å²) in [5.74, 6) is -1.96. The van der Waals surface area contributed by atoms with Gasteiger partial charge in [-0.2, -0.15) is 0 Å². The van der Waals surface area contributed by atoms with Gasteiger partial charge in [-0.3, -0.25) is 14.4 Å². The smallest absolute Gasteiger partial charge is 0.296 e. The Hall–Kier alpha value is -3.91. The van der Waals surface area contributed by atoms with E-state index >= 15 is 0 Å². The van der Waals surface area contributed by atoms with Crippen LogP contribution in [0.25, 0.3) is 5.76 Å². The van der Waals surface area contributed by atoms with Crippen molar-refractivity contribution in [3.8, 4) is 5.75 Å². The van der Waals surface area contributed by atoms with E-state index in [1.165, 1.54) is 9.80 Å². The zero-order chi connectivity index (χ0) is 25.3. The molecule has 0 unspecified atom stereocenters. The first kappa shape index (κ1) is 24.2. The summed E-state index contributed by atoms with van der Waals surface area (Å²) in [7, 11) is 5.44. The van der Waals surface area contributed by atoms with Crippen molar-refractivity contribution >= 4 is 29.0 Å². The number of Topliss-reactive ketones (excluding diaryl/α,β-unsaturated/α-hetero) is 1. The number of carbonyl (C=O) groups excluding carboxylic acids is 3. The largest absolute Gasteiger partial charge is 0.507 e. The third-order valence-electron chi connectivity index (χ3n) is 6.42. The number of ether oxygens (including phenoxy) is 1. The number of amides is 2. The third-order valence-corrected chi connectivity index (χ3v) is 6.42. The van der Waals surface area contributed by atoms with Crippen LogP contribution in [0.4, 0.5) is 5.69 Å². The van der Waals surface area contributed by atoms with Crippen LogP contribution >= 0.6 is 0 Å². The van der Waals surface area contributed by atoms with Crippen molar-refractivity contribution in [3.63, 3.8) is 0 Å². The van der Waals surface area contributed by atoms with Gasteiger partial charge in [-0.25, -0.2) is 0 Å². The first-order chi connectivity index (χ1) is 16.7. The van der Waals surface area contributed by atoms with Crippen LogP contribution in [0, 0.1) is 0 Å². The lowest BCUT2D eigenvalue weighted by Gasteiger charge is -2.34. The first-order valence-electron chi connectivity index (χ1n) is 11.4. The van der Waals surface area contributed by atoms with Crippen LogP contribution in [0.15, 0.2) is 66.8 Å². The molecule has 4 rings (SSSR count). The van der Waals surface area contributed by atoms with E-state index in [-0.39, 0.29) is 12.1 Å². The van der Waals surface area contributed by atoms with Crippen LogP contribution in [0.1, 0.15) is 17.5 Å². The summed E-state index contributed by atoms with van der Waals surface area (Å²) >= 11 is 0. The van der Waals surface area contributed by atoms with Crippen molar-refractivity contribution in [2.75, 3.05) is 45.7 Å². The molecule has 2 aliphatic rings. The standard InChI is InChI=1S/C27H29N3O5/c1-5-17-35-19-13-11-18(12-14-19)23(31)22-24(32)25(33)30(16-8-15-28(2)3)27(22)20-9-6-7-10-21(20)29(4)26(27)34/h5-7,9-14,31H,1,8,15-17H2,2-4H3/t27-/m0/s1. The van der Waals surface area contributed by atoms with Crippen molar-refractivity contribution in [1.82, 2.24) is 9.80 Å². The Morgan fingerprint density at radius 1 is 1.11 bits per heavy atom. The Kier molecular flexibility index (Phi) is 6.49. The molecule has 182 valence electrons. The second-order valence-corrected chi connectivity index (χ2v) is 8.88. The Labute approximate surface area is 204 Å². The van der Waals surface area contributed by atoms with E-state index < -0.39 is 28.9 Å². The highest BCUT2D eigenvalue weighted by molar-refractivity contribution is 6.50. The average Bonchev–Trinajstić information content (AvgIpc) is 3.21. The number of carbonyl (C=O) groups is 3. The quantitative estimate of drug-likeness (QED) is 0.273. The Bertz CT molecular complexity index is 1220. The number of aliphatic hydroxyl groups is 1. The molecule has 1 saturated heterocycles. The molecule has 1 atom stereocenters. The lowest BCUT2D eigenvalue weighted by molar-refractivity contribution is -0.143. The third kappa shape index (κ3) is 3.80. The van der Waals surface area contributed by atoms with Gasteiger partial charge in [-0.1, -0.05) is 30.9 Å². The maximum atomic E-state index is 13.9. The van der Waals surface area contributed by atoms with E-state index in [1.807, 2.05) is 19.0 Å². The van der Waals surface area contributed by atoms with Gasteiger partial charge in [-0.15, -0.1) is 0 Å². The van der Waals surface area contributed by atoms with Gasteiger partial charge in [0.2, 0.25) is 0 Å². The lowest BCUT2D eigenvalue weighted by atomic mass is 9.82. The maximum Gasteiger partial charge on any atom is 0.296 e. The SMILES string of the molecule is C=CCOc1ccc(C(O)=C2C(=O)C(=O)N(CCCN(C)C)[C@]23C(=O)N(C)c2ccccc23)cc1. The molecule has 2 aliphatic heterocycles. The van der Waals surface area contributed by atoms with E-state index in [1.54, 1.807) is 61.7 Å². The monoisotopic (exact) mass is 475 g/mol. The molecule has 0 radical (unpaired) electrons. The molecule has 0 bridgehead atoms. The van der Waals surface area contributed by atoms with Gasteiger partial charge in [0.05, 0.1) is 5.57 Å². The fraction of sp³-hybridized carbons (Fsp3) is 0.296. The number of hydrogen-bond donors (Lipinski definition) is 1. The van der Waals surface area contributed by atoms with E-state index in [9.17, 15) is 19.5 Å². The summed E-state index contributed by atoms with van der Waals surface area (Å²) in [5, 5.41) is 11.4. The van der Waals surface area contributed by atoms with Gasteiger partial charge >= 0.3 is 0 Å². The molecule has 1 N–H and O–H groups in total. The number of fused-ring (bicyclic) bond motifs is 2. The predicted octanol–water partition coefficient (Wildman–Crippen LogP) is 2.76. The van der Waals surface area contributed by atoms with E-state index in [4.69, 9.17) is 4.74 Å². The summed E-state index contributed by atoms with van der Waals surface area (Å²) in [6, 6.07) is 13.5. The summed E-state index contributed by atoms with van der Waals surface area (Å²) in [6.07, 6.45) is 2.17. The van der Waals surface area contributed by atoms with Crippen LogP contribution in [0.3, 0.4) is 0 Å². The highest BCUT2D eigenvalue weighted by Crippen LogP contribution is 2.53. The Morgan fingerprint density at radius 2 is 1.80 bits per heavy atom. The zero-order valence-corrected chi connectivity index (χ0v) is 20.2. The van der Waals surface area contributed by atoms with Gasteiger partial charge in [0, 0.05) is 30.4 Å². The number of ketones is 1. The molecule has 2 amide bonds. The molecule has 0 aromatic heterocycles. The summed E-state index contributed by atoms with van der Waals surface area (Å²) in [5.41, 5.74) is -0.538. The van der Waals surface area contributed by atoms with Crippen LogP contribution in [0.2, 0.25) is 0 Å². The van der Waals surface area contributed by atoms with E-state index in [2.05, 4.69) is 6.58 Å². The van der Waals surface area contributed by atoms with E-state index in [0.717, 1.165) is 0 Å². The Balaban J connectivity index is 1.90. The topological polar surface area (TPSA) is 90.4 Å². The number of rotatable bonds is 8. The van der Waals surface area contributed by atoms with E-state index in [0.29, 0.717) is 42.1 Å². The van der Waals surface area contributed by atoms with Crippen molar-refractivity contribution in [1.29, 1.82) is 0 Å². The van der Waals surface area contributed by atoms with Crippen LogP contribution < -0.4 is 9.64 Å². The van der Waals surface area contributed by atoms with Crippen molar-refractivity contribution in [2.45, 2.75) is 12.0 Å². The molecule has 35 heavy (non-hydrogen) atoms. The molecule has 8 nitrogen and oxygen atoms in total. The number of hydrogen-bond acceptors (Lipinski definition) is 6. The molecule has 2 aromatic rings. The maximum absolute atomic E-state index is 13.9. The molecular weight excluding hydrogens is 446 g/mol. The molecule has 2 aromatic carbocycles. The van der Waals surface area contributed by atoms with Crippen LogP contribution in [-0.2, 0) is 19.9 Å². The summed E-state index contributed by atoms with van der Waals surface area (Å²) in [6.45, 7) is 4.78. The van der Waals surface area contributed by atoms with Gasteiger partial charge in [-0.05, 0) is 57.4 Å². The Morgan fingerprint density at radius 3 is 2.46 bits per heavy atom. The normalized spacial score (nSPS) is 20.7. The average molecular weight is 476 g/mol. The van der Waals surface area contributed by atoms with Gasteiger partial charge in [0.15, 0.2) is 5.54 Å². The highest BCUT2D eigenvalue weighted by Gasteiger charge is 2.66. The number of para-hydroxylation sites is 1. The number of nitrogens with zero attached hydrogens (tertiary/aromatic N) is 3. The predicted molar refractivity (Wildman–Crippen MR) is 133 cm³/mol. The summed E-state index contributed by atoms with van der Waals surface area (Å²) < 4.78 is 5.50. The van der Waals surface area contributed by atoms with Crippen molar-refractivity contribution < 1.29 is 24.2 Å². The number of benzene rings is 2. The van der Waals surface area contributed by atoms with Gasteiger partial charge in [0.1, 0.15) is 18.1 Å². The minimum atomic E-state index is -1.73.